The first kappa shape index (κ1) is 12.6. The van der Waals surface area contributed by atoms with E-state index in [-0.39, 0.29) is 6.10 Å². The number of halogens is 1. The van der Waals surface area contributed by atoms with Crippen LogP contribution in [0.4, 0.5) is 0 Å². The first-order valence-electron chi connectivity index (χ1n) is 5.55. The molecule has 0 atom stereocenters. The smallest absolute Gasteiger partial charge is 0.150 e. The third-order valence-electron chi connectivity index (χ3n) is 2.29. The molecule has 2 heterocycles. The van der Waals surface area contributed by atoms with Gasteiger partial charge in [-0.3, -0.25) is 0 Å². The number of ether oxygens (including phenoxy) is 1. The van der Waals surface area contributed by atoms with Crippen molar-refractivity contribution in [2.45, 2.75) is 26.5 Å². The molecular weight excluding hydrogens is 256 g/mol. The van der Waals surface area contributed by atoms with Gasteiger partial charge in [0.15, 0.2) is 0 Å². The van der Waals surface area contributed by atoms with Crippen LogP contribution in [0.3, 0.4) is 0 Å². The molecular formula is C12H15ClN2OS. The van der Waals surface area contributed by atoms with Gasteiger partial charge in [0.2, 0.25) is 0 Å². The van der Waals surface area contributed by atoms with Gasteiger partial charge in [0.25, 0.3) is 0 Å². The van der Waals surface area contributed by atoms with Gasteiger partial charge in [-0.1, -0.05) is 11.6 Å². The maximum atomic E-state index is 5.93. The fourth-order valence-corrected chi connectivity index (χ4v) is 2.59. The second-order valence-electron chi connectivity index (χ2n) is 3.97. The van der Waals surface area contributed by atoms with Crippen LogP contribution >= 0.6 is 22.9 Å². The van der Waals surface area contributed by atoms with Gasteiger partial charge in [0.1, 0.15) is 5.82 Å². The minimum atomic E-state index is 0.262. The minimum absolute atomic E-state index is 0.262. The summed E-state index contributed by atoms with van der Waals surface area (Å²) in [5, 5.41) is 0. The Morgan fingerprint density at radius 2 is 2.29 bits per heavy atom. The van der Waals surface area contributed by atoms with E-state index in [1.165, 1.54) is 0 Å². The number of imidazole rings is 1. The fourth-order valence-electron chi connectivity index (χ4n) is 1.54. The number of aromatic nitrogens is 2. The summed E-state index contributed by atoms with van der Waals surface area (Å²) in [4.78, 5) is 5.44. The number of rotatable bonds is 5. The van der Waals surface area contributed by atoms with Crippen LogP contribution in [0.5, 0.6) is 0 Å². The zero-order valence-corrected chi connectivity index (χ0v) is 11.5. The lowest BCUT2D eigenvalue weighted by atomic mass is 10.4. The summed E-state index contributed by atoms with van der Waals surface area (Å²) in [5.74, 6) is 0.953. The van der Waals surface area contributed by atoms with Gasteiger partial charge in [-0.25, -0.2) is 4.98 Å². The lowest BCUT2D eigenvalue weighted by molar-refractivity contribution is 0.0730. The molecule has 5 heteroatoms. The van der Waals surface area contributed by atoms with Crippen molar-refractivity contribution in [2.75, 3.05) is 6.61 Å². The Hall–Kier alpha value is -0.840. The van der Waals surface area contributed by atoms with E-state index in [1.807, 2.05) is 32.2 Å². The Labute approximate surface area is 110 Å². The van der Waals surface area contributed by atoms with Crippen molar-refractivity contribution in [1.29, 1.82) is 0 Å². The number of thiophene rings is 1. The number of hydrogen-bond donors (Lipinski definition) is 0. The molecule has 0 unspecified atom stereocenters. The summed E-state index contributed by atoms with van der Waals surface area (Å²) >= 11 is 7.47. The summed E-state index contributed by atoms with van der Waals surface area (Å²) in [7, 11) is 0. The molecule has 0 aromatic carbocycles. The van der Waals surface area contributed by atoms with Crippen molar-refractivity contribution < 1.29 is 4.74 Å². The summed E-state index contributed by atoms with van der Waals surface area (Å²) < 4.78 is 8.41. The van der Waals surface area contributed by atoms with Crippen molar-refractivity contribution in [2.24, 2.45) is 0 Å². The molecule has 0 saturated heterocycles. The maximum Gasteiger partial charge on any atom is 0.150 e. The van der Waals surface area contributed by atoms with E-state index < -0.39 is 0 Å². The van der Waals surface area contributed by atoms with E-state index in [0.717, 1.165) is 21.6 Å². The van der Waals surface area contributed by atoms with Crippen LogP contribution in [0.2, 0.25) is 4.34 Å². The fraction of sp³-hybridized carbons (Fsp3) is 0.417. The first-order valence-corrected chi connectivity index (χ1v) is 6.74. The molecule has 0 N–H and O–H groups in total. The lowest BCUT2D eigenvalue weighted by Crippen LogP contribution is -2.10. The van der Waals surface area contributed by atoms with Gasteiger partial charge < -0.3 is 9.30 Å². The average Bonchev–Trinajstić information content (AvgIpc) is 2.86. The Kier molecular flexibility index (Phi) is 4.20. The topological polar surface area (TPSA) is 27.1 Å². The van der Waals surface area contributed by atoms with E-state index in [9.17, 15) is 0 Å². The second-order valence-corrected chi connectivity index (χ2v) is 5.68. The molecule has 0 aliphatic heterocycles. The van der Waals surface area contributed by atoms with Crippen molar-refractivity contribution in [1.82, 2.24) is 9.55 Å². The maximum absolute atomic E-state index is 5.93. The van der Waals surface area contributed by atoms with Crippen LogP contribution in [0.25, 0.3) is 10.7 Å². The SMILES string of the molecule is CC(C)OCCn1ccnc1-c1ccc(Cl)s1. The van der Waals surface area contributed by atoms with Crippen molar-refractivity contribution in [3.8, 4) is 10.7 Å². The van der Waals surface area contributed by atoms with E-state index in [2.05, 4.69) is 9.55 Å². The van der Waals surface area contributed by atoms with Crippen LogP contribution < -0.4 is 0 Å². The molecule has 0 saturated carbocycles. The highest BCUT2D eigenvalue weighted by atomic mass is 35.5. The molecule has 0 aliphatic rings. The summed E-state index contributed by atoms with van der Waals surface area (Å²) in [6.45, 7) is 5.57. The summed E-state index contributed by atoms with van der Waals surface area (Å²) in [5.41, 5.74) is 0. The van der Waals surface area contributed by atoms with Crippen molar-refractivity contribution >= 4 is 22.9 Å². The molecule has 0 spiro atoms. The largest absolute Gasteiger partial charge is 0.377 e. The van der Waals surface area contributed by atoms with Crippen molar-refractivity contribution in [3.05, 3.63) is 28.9 Å². The third-order valence-corrected chi connectivity index (χ3v) is 3.52. The van der Waals surface area contributed by atoms with E-state index >= 15 is 0 Å². The predicted molar refractivity (Wildman–Crippen MR) is 71.6 cm³/mol. The van der Waals surface area contributed by atoms with Crippen LogP contribution in [-0.2, 0) is 11.3 Å². The first-order chi connectivity index (χ1) is 8.16. The van der Waals surface area contributed by atoms with Gasteiger partial charge in [-0.15, -0.1) is 11.3 Å². The quantitative estimate of drug-likeness (QED) is 0.829. The Morgan fingerprint density at radius 1 is 1.47 bits per heavy atom. The Morgan fingerprint density at radius 3 is 2.94 bits per heavy atom. The molecule has 3 nitrogen and oxygen atoms in total. The van der Waals surface area contributed by atoms with Gasteiger partial charge in [0.05, 0.1) is 21.9 Å². The van der Waals surface area contributed by atoms with Crippen LogP contribution in [0.15, 0.2) is 24.5 Å². The molecule has 0 fully saturated rings. The molecule has 17 heavy (non-hydrogen) atoms. The molecule has 2 rings (SSSR count). The monoisotopic (exact) mass is 270 g/mol. The average molecular weight is 271 g/mol. The van der Waals surface area contributed by atoms with Crippen molar-refractivity contribution in [3.63, 3.8) is 0 Å². The molecule has 0 amide bonds. The third kappa shape index (κ3) is 3.31. The number of hydrogen-bond acceptors (Lipinski definition) is 3. The molecule has 0 radical (unpaired) electrons. The normalized spacial score (nSPS) is 11.3. The highest BCUT2D eigenvalue weighted by molar-refractivity contribution is 7.19. The zero-order chi connectivity index (χ0) is 12.3. The van der Waals surface area contributed by atoms with Crippen LogP contribution in [-0.4, -0.2) is 22.3 Å². The Bertz CT molecular complexity index is 478. The summed E-state index contributed by atoms with van der Waals surface area (Å²) in [6.07, 6.45) is 4.03. The highest BCUT2D eigenvalue weighted by Crippen LogP contribution is 2.29. The minimum Gasteiger partial charge on any atom is -0.377 e. The summed E-state index contributed by atoms with van der Waals surface area (Å²) in [6, 6.07) is 3.89. The van der Waals surface area contributed by atoms with Crippen LogP contribution in [0.1, 0.15) is 13.8 Å². The Balaban J connectivity index is 2.07. The van der Waals surface area contributed by atoms with Gasteiger partial charge >= 0.3 is 0 Å². The standard InChI is InChI=1S/C12H15ClN2OS/c1-9(2)16-8-7-15-6-5-14-12(15)10-3-4-11(13)17-10/h3-6,9H,7-8H2,1-2H3. The zero-order valence-electron chi connectivity index (χ0n) is 9.89. The second kappa shape index (κ2) is 5.67. The van der Waals surface area contributed by atoms with E-state index in [4.69, 9.17) is 16.3 Å². The van der Waals surface area contributed by atoms with Gasteiger partial charge in [-0.05, 0) is 26.0 Å². The lowest BCUT2D eigenvalue weighted by Gasteiger charge is -2.09. The van der Waals surface area contributed by atoms with Gasteiger partial charge in [-0.2, -0.15) is 0 Å². The van der Waals surface area contributed by atoms with E-state index in [0.29, 0.717) is 6.61 Å². The molecule has 92 valence electrons. The molecule has 0 bridgehead atoms. The van der Waals surface area contributed by atoms with E-state index in [1.54, 1.807) is 17.5 Å². The van der Waals surface area contributed by atoms with Gasteiger partial charge in [0, 0.05) is 18.9 Å². The highest BCUT2D eigenvalue weighted by Gasteiger charge is 2.08. The van der Waals surface area contributed by atoms with Crippen LogP contribution in [0, 0.1) is 0 Å². The molecule has 2 aromatic heterocycles. The molecule has 2 aromatic rings. The molecule has 0 aliphatic carbocycles. The predicted octanol–water partition coefficient (Wildman–Crippen LogP) is 3.69. The number of nitrogens with zero attached hydrogens (tertiary/aromatic N) is 2.